The number of hydrogen-bond acceptors (Lipinski definition) is 8. The van der Waals surface area contributed by atoms with E-state index in [0.29, 0.717) is 37.4 Å². The Morgan fingerprint density at radius 3 is 2.46 bits per heavy atom. The van der Waals surface area contributed by atoms with Crippen LogP contribution in [0.5, 0.6) is 17.2 Å². The Kier molecular flexibility index (Phi) is 13.2. The Bertz CT molecular complexity index is 1550. The highest BCUT2D eigenvalue weighted by atomic mass is 16.5. The van der Waals surface area contributed by atoms with Gasteiger partial charge in [-0.05, 0) is 68.5 Å². The van der Waals surface area contributed by atoms with Crippen molar-refractivity contribution in [2.45, 2.75) is 63.8 Å². The molecule has 0 aliphatic carbocycles. The van der Waals surface area contributed by atoms with Gasteiger partial charge in [0, 0.05) is 6.54 Å². The van der Waals surface area contributed by atoms with Crippen molar-refractivity contribution in [1.82, 2.24) is 21.3 Å². The van der Waals surface area contributed by atoms with E-state index in [2.05, 4.69) is 21.3 Å². The largest absolute Gasteiger partial charge is 0.493 e. The highest BCUT2D eigenvalue weighted by molar-refractivity contribution is 6.01. The maximum atomic E-state index is 13.5. The van der Waals surface area contributed by atoms with Gasteiger partial charge in [0.15, 0.2) is 11.5 Å². The van der Waals surface area contributed by atoms with E-state index in [-0.39, 0.29) is 24.5 Å². The zero-order valence-corrected chi connectivity index (χ0v) is 27.5. The summed E-state index contributed by atoms with van der Waals surface area (Å²) in [7, 11) is 1.57. The first-order valence-electron chi connectivity index (χ1n) is 16.1. The van der Waals surface area contributed by atoms with Crippen LogP contribution in [0.3, 0.4) is 0 Å². The third-order valence-corrected chi connectivity index (χ3v) is 7.81. The number of aliphatic hydroxyl groups excluding tert-OH is 1. The van der Waals surface area contributed by atoms with Gasteiger partial charge in [0.25, 0.3) is 5.91 Å². The first-order valence-corrected chi connectivity index (χ1v) is 16.1. The van der Waals surface area contributed by atoms with E-state index in [4.69, 9.17) is 14.2 Å². The lowest BCUT2D eigenvalue weighted by molar-refractivity contribution is -0.133. The van der Waals surface area contributed by atoms with E-state index < -0.39 is 54.3 Å². The number of amides is 4. The molecule has 3 aromatic carbocycles. The SMILES string of the molecule is CCOc1ccc(CCCNC(=O)[C@@H]2CC(=O)N[C@@H]([C@@H](C)O)C(=O)N[C@H](Cc3ccccc3)COc3ccccc3C(=O)N2)cc1OC. The number of rotatable bonds is 11. The van der Waals surface area contributed by atoms with Crippen molar-refractivity contribution >= 4 is 23.6 Å². The molecule has 1 heterocycles. The third kappa shape index (κ3) is 10.2. The highest BCUT2D eigenvalue weighted by Gasteiger charge is 2.32. The number of benzene rings is 3. The number of para-hydroxylation sites is 1. The van der Waals surface area contributed by atoms with E-state index in [1.165, 1.54) is 6.92 Å². The molecule has 0 radical (unpaired) electrons. The van der Waals surface area contributed by atoms with Crippen molar-refractivity contribution in [2.24, 2.45) is 0 Å². The van der Waals surface area contributed by atoms with Crippen LogP contribution in [0.25, 0.3) is 0 Å². The monoisotopic (exact) mass is 660 g/mol. The Balaban J connectivity index is 1.49. The van der Waals surface area contributed by atoms with Crippen molar-refractivity contribution in [3.8, 4) is 17.2 Å². The van der Waals surface area contributed by atoms with Crippen LogP contribution >= 0.6 is 0 Å². The molecule has 0 saturated heterocycles. The van der Waals surface area contributed by atoms with Gasteiger partial charge in [-0.1, -0.05) is 48.5 Å². The summed E-state index contributed by atoms with van der Waals surface area (Å²) < 4.78 is 17.0. The van der Waals surface area contributed by atoms with Gasteiger partial charge in [-0.25, -0.2) is 0 Å². The first kappa shape index (κ1) is 35.7. The summed E-state index contributed by atoms with van der Waals surface area (Å²) in [6, 6.07) is 18.5. The minimum atomic E-state index is -1.31. The van der Waals surface area contributed by atoms with Gasteiger partial charge in [0.1, 0.15) is 24.4 Å². The van der Waals surface area contributed by atoms with Crippen molar-refractivity contribution in [1.29, 1.82) is 0 Å². The molecule has 12 nitrogen and oxygen atoms in total. The van der Waals surface area contributed by atoms with Crippen LogP contribution in [0.1, 0.15) is 48.2 Å². The molecule has 0 fully saturated rings. The standard InChI is InChI=1S/C36H44N4O8/c1-4-47-30-17-16-25(20-31(30)46-3)13-10-18-37-35(44)28-21-32(42)40-33(23(2)41)36(45)38-26(19-24-11-6-5-7-12-24)22-48-29-15-9-8-14-27(29)34(43)39-28/h5-9,11-12,14-17,20,23,26,28,33,41H,4,10,13,18-19,21-22H2,1-3H3,(H,37,44)(H,38,45)(H,39,43)(H,40,42)/t23-,26-,28+,33+/m1/s1. The molecule has 12 heteroatoms. The van der Waals surface area contributed by atoms with Crippen LogP contribution in [-0.2, 0) is 27.2 Å². The molecular formula is C36H44N4O8. The molecule has 0 aromatic heterocycles. The van der Waals surface area contributed by atoms with E-state index in [1.54, 1.807) is 31.4 Å². The predicted molar refractivity (Wildman–Crippen MR) is 179 cm³/mol. The quantitative estimate of drug-likeness (QED) is 0.196. The molecule has 0 unspecified atom stereocenters. The number of aryl methyl sites for hydroxylation is 1. The fraction of sp³-hybridized carbons (Fsp3) is 0.389. The summed E-state index contributed by atoms with van der Waals surface area (Å²) in [4.78, 5) is 53.5. The van der Waals surface area contributed by atoms with Crippen molar-refractivity contribution in [3.05, 3.63) is 89.5 Å². The molecule has 256 valence electrons. The summed E-state index contributed by atoms with van der Waals surface area (Å²) in [5.41, 5.74) is 2.09. The summed E-state index contributed by atoms with van der Waals surface area (Å²) in [6.07, 6.45) is -0.122. The summed E-state index contributed by atoms with van der Waals surface area (Å²) in [5.74, 6) is -0.965. The van der Waals surface area contributed by atoms with Crippen molar-refractivity contribution in [3.63, 3.8) is 0 Å². The van der Waals surface area contributed by atoms with E-state index in [9.17, 15) is 24.3 Å². The number of ether oxygens (including phenoxy) is 3. The Morgan fingerprint density at radius 1 is 0.979 bits per heavy atom. The Hall–Kier alpha value is -5.10. The molecule has 0 spiro atoms. The van der Waals surface area contributed by atoms with Gasteiger partial charge in [-0.3, -0.25) is 19.2 Å². The van der Waals surface area contributed by atoms with Gasteiger partial charge in [0.05, 0.1) is 37.8 Å². The van der Waals surface area contributed by atoms with Gasteiger partial charge in [0.2, 0.25) is 17.7 Å². The first-order chi connectivity index (χ1) is 23.2. The van der Waals surface area contributed by atoms with Gasteiger partial charge >= 0.3 is 0 Å². The molecule has 1 aliphatic rings. The topological polar surface area (TPSA) is 164 Å². The molecule has 4 amide bonds. The van der Waals surface area contributed by atoms with Crippen LogP contribution in [-0.4, -0.2) is 79.8 Å². The zero-order valence-electron chi connectivity index (χ0n) is 27.5. The Labute approximate surface area is 280 Å². The third-order valence-electron chi connectivity index (χ3n) is 7.81. The molecule has 48 heavy (non-hydrogen) atoms. The van der Waals surface area contributed by atoms with Crippen molar-refractivity contribution < 1.29 is 38.5 Å². The smallest absolute Gasteiger partial charge is 0.255 e. The summed E-state index contributed by atoms with van der Waals surface area (Å²) >= 11 is 0. The summed E-state index contributed by atoms with van der Waals surface area (Å²) in [6.45, 7) is 4.06. The van der Waals surface area contributed by atoms with Crippen LogP contribution < -0.4 is 35.5 Å². The number of nitrogens with one attached hydrogen (secondary N) is 4. The lowest BCUT2D eigenvalue weighted by Gasteiger charge is -2.27. The number of fused-ring (bicyclic) bond motifs is 1. The summed E-state index contributed by atoms with van der Waals surface area (Å²) in [5, 5.41) is 21.3. The van der Waals surface area contributed by atoms with Gasteiger partial charge in [-0.2, -0.15) is 0 Å². The minimum Gasteiger partial charge on any atom is -0.493 e. The molecule has 0 bridgehead atoms. The maximum Gasteiger partial charge on any atom is 0.255 e. The maximum absolute atomic E-state index is 13.5. The Morgan fingerprint density at radius 2 is 1.73 bits per heavy atom. The molecule has 4 atom stereocenters. The fourth-order valence-corrected chi connectivity index (χ4v) is 5.35. The number of aliphatic hydroxyl groups is 1. The van der Waals surface area contributed by atoms with E-state index in [1.807, 2.05) is 55.5 Å². The van der Waals surface area contributed by atoms with Crippen LogP contribution in [0.15, 0.2) is 72.8 Å². The lowest BCUT2D eigenvalue weighted by Crippen LogP contribution is -2.57. The van der Waals surface area contributed by atoms with E-state index in [0.717, 1.165) is 11.1 Å². The van der Waals surface area contributed by atoms with E-state index >= 15 is 0 Å². The minimum absolute atomic E-state index is 0.00442. The normalized spacial score (nSPS) is 19.2. The van der Waals surface area contributed by atoms with Crippen LogP contribution in [0, 0.1) is 0 Å². The van der Waals surface area contributed by atoms with Crippen LogP contribution in [0.4, 0.5) is 0 Å². The lowest BCUT2D eigenvalue weighted by atomic mass is 10.0. The molecule has 0 saturated carbocycles. The number of methoxy groups -OCH3 is 1. The second-order valence-electron chi connectivity index (χ2n) is 11.5. The molecule has 1 aliphatic heterocycles. The van der Waals surface area contributed by atoms with Gasteiger partial charge < -0.3 is 40.6 Å². The van der Waals surface area contributed by atoms with Crippen LogP contribution in [0.2, 0.25) is 0 Å². The second kappa shape index (κ2) is 17.7. The molecular weight excluding hydrogens is 616 g/mol. The van der Waals surface area contributed by atoms with Crippen molar-refractivity contribution in [2.75, 3.05) is 26.9 Å². The average Bonchev–Trinajstić information content (AvgIpc) is 3.08. The second-order valence-corrected chi connectivity index (χ2v) is 11.5. The molecule has 5 N–H and O–H groups in total. The van der Waals surface area contributed by atoms with Gasteiger partial charge in [-0.15, -0.1) is 0 Å². The number of carbonyl (C=O) groups excluding carboxylic acids is 4. The highest BCUT2D eigenvalue weighted by Crippen LogP contribution is 2.28. The average molecular weight is 661 g/mol. The predicted octanol–water partition coefficient (Wildman–Crippen LogP) is 2.32. The zero-order chi connectivity index (χ0) is 34.5. The number of hydrogen-bond donors (Lipinski definition) is 5. The fourth-order valence-electron chi connectivity index (χ4n) is 5.35. The molecule has 4 rings (SSSR count). The molecule has 3 aromatic rings. The number of carbonyl (C=O) groups is 4.